The second-order valence-corrected chi connectivity index (χ2v) is 6.56. The first kappa shape index (κ1) is 16.0. The fraction of sp³-hybridized carbons (Fsp3) is 0.133. The number of halogens is 2. The van der Waals surface area contributed by atoms with E-state index in [1.54, 1.807) is 13.0 Å². The molecule has 0 spiro atoms. The van der Waals surface area contributed by atoms with Gasteiger partial charge in [-0.05, 0) is 24.6 Å². The van der Waals surface area contributed by atoms with Crippen LogP contribution in [0.1, 0.15) is 27.3 Å². The van der Waals surface area contributed by atoms with Crippen LogP contribution in [0.15, 0.2) is 29.8 Å². The first-order valence-electron chi connectivity index (χ1n) is 6.62. The maximum absolute atomic E-state index is 11.1. The zero-order chi connectivity index (χ0) is 16.6. The second kappa shape index (κ2) is 6.31. The summed E-state index contributed by atoms with van der Waals surface area (Å²) in [4.78, 5) is 15.6. The molecule has 0 bridgehead atoms. The molecule has 3 rings (SSSR count). The summed E-state index contributed by atoms with van der Waals surface area (Å²) in [5, 5.41) is 16.7. The fourth-order valence-corrected chi connectivity index (χ4v) is 3.30. The molecule has 0 radical (unpaired) electrons. The highest BCUT2D eigenvalue weighted by atomic mass is 35.5. The molecule has 0 saturated heterocycles. The Morgan fingerprint density at radius 2 is 2.13 bits per heavy atom. The normalized spacial score (nSPS) is 10.9. The van der Waals surface area contributed by atoms with Crippen molar-refractivity contribution in [3.63, 3.8) is 0 Å². The van der Waals surface area contributed by atoms with E-state index in [0.717, 1.165) is 11.3 Å². The number of carboxylic acids is 1. The number of aromatic nitrogens is 3. The van der Waals surface area contributed by atoms with Gasteiger partial charge in [-0.25, -0.2) is 14.5 Å². The molecule has 0 aliphatic rings. The van der Waals surface area contributed by atoms with Crippen molar-refractivity contribution in [1.82, 2.24) is 14.8 Å². The molecule has 23 heavy (non-hydrogen) atoms. The van der Waals surface area contributed by atoms with Crippen molar-refractivity contribution < 1.29 is 9.90 Å². The number of rotatable bonds is 4. The SMILES string of the molecule is Cc1c(C(=O)O)cnn1-c1nc(Cc2ccc(Cl)c(Cl)c2)cs1. The van der Waals surface area contributed by atoms with Crippen LogP contribution in [-0.4, -0.2) is 25.8 Å². The van der Waals surface area contributed by atoms with Crippen molar-refractivity contribution >= 4 is 40.5 Å². The van der Waals surface area contributed by atoms with Crippen LogP contribution < -0.4 is 0 Å². The van der Waals surface area contributed by atoms with Gasteiger partial charge < -0.3 is 5.11 Å². The van der Waals surface area contributed by atoms with Gasteiger partial charge in [-0.3, -0.25) is 0 Å². The van der Waals surface area contributed by atoms with Crippen LogP contribution in [0.2, 0.25) is 10.0 Å². The largest absolute Gasteiger partial charge is 0.478 e. The lowest BCUT2D eigenvalue weighted by molar-refractivity contribution is 0.0696. The molecular formula is C15H11Cl2N3O2S. The van der Waals surface area contributed by atoms with E-state index in [2.05, 4.69) is 10.1 Å². The standard InChI is InChI=1S/C15H11Cl2N3O2S/c1-8-11(14(21)22)6-18-20(8)15-19-10(7-23-15)4-9-2-3-12(16)13(17)5-9/h2-3,5-7H,4H2,1H3,(H,21,22). The van der Waals surface area contributed by atoms with Gasteiger partial charge in [-0.1, -0.05) is 29.3 Å². The maximum atomic E-state index is 11.1. The Bertz CT molecular complexity index is 889. The predicted molar refractivity (Wildman–Crippen MR) is 90.2 cm³/mol. The van der Waals surface area contributed by atoms with Crippen LogP contribution in [0, 0.1) is 6.92 Å². The topological polar surface area (TPSA) is 68.0 Å². The highest BCUT2D eigenvalue weighted by Gasteiger charge is 2.16. The van der Waals surface area contributed by atoms with Crippen LogP contribution in [0.5, 0.6) is 0 Å². The molecular weight excluding hydrogens is 357 g/mol. The van der Waals surface area contributed by atoms with Crippen LogP contribution in [-0.2, 0) is 6.42 Å². The van der Waals surface area contributed by atoms with Gasteiger partial charge in [0.05, 0.1) is 27.6 Å². The summed E-state index contributed by atoms with van der Waals surface area (Å²) in [6.45, 7) is 1.70. The molecule has 3 aromatic rings. The zero-order valence-corrected chi connectivity index (χ0v) is 14.3. The van der Waals surface area contributed by atoms with Crippen molar-refractivity contribution in [2.45, 2.75) is 13.3 Å². The lowest BCUT2D eigenvalue weighted by Gasteiger charge is -2.01. The van der Waals surface area contributed by atoms with Gasteiger partial charge >= 0.3 is 5.97 Å². The van der Waals surface area contributed by atoms with E-state index in [-0.39, 0.29) is 5.56 Å². The Morgan fingerprint density at radius 1 is 1.35 bits per heavy atom. The van der Waals surface area contributed by atoms with Crippen molar-refractivity contribution in [2.24, 2.45) is 0 Å². The van der Waals surface area contributed by atoms with Crippen molar-refractivity contribution in [3.8, 4) is 5.13 Å². The van der Waals surface area contributed by atoms with Crippen LogP contribution in [0.4, 0.5) is 0 Å². The van der Waals surface area contributed by atoms with Gasteiger partial charge in [0.15, 0.2) is 0 Å². The third-order valence-electron chi connectivity index (χ3n) is 3.33. The summed E-state index contributed by atoms with van der Waals surface area (Å²) in [5.74, 6) is -0.999. The highest BCUT2D eigenvalue weighted by Crippen LogP contribution is 2.25. The molecule has 2 aromatic heterocycles. The summed E-state index contributed by atoms with van der Waals surface area (Å²) in [6.07, 6.45) is 1.94. The number of nitrogens with zero attached hydrogens (tertiary/aromatic N) is 3. The summed E-state index contributed by atoms with van der Waals surface area (Å²) < 4.78 is 1.53. The number of carbonyl (C=O) groups is 1. The molecule has 5 nitrogen and oxygen atoms in total. The van der Waals surface area contributed by atoms with Crippen LogP contribution >= 0.6 is 34.5 Å². The summed E-state index contributed by atoms with van der Waals surface area (Å²) in [6, 6.07) is 5.46. The summed E-state index contributed by atoms with van der Waals surface area (Å²) >= 11 is 13.3. The average Bonchev–Trinajstić information content (AvgIpc) is 3.09. The molecule has 1 N–H and O–H groups in total. The van der Waals surface area contributed by atoms with E-state index in [1.165, 1.54) is 22.2 Å². The molecule has 0 aliphatic carbocycles. The number of hydrogen-bond acceptors (Lipinski definition) is 4. The average molecular weight is 368 g/mol. The van der Waals surface area contributed by atoms with Gasteiger partial charge in [0.2, 0.25) is 5.13 Å². The minimum absolute atomic E-state index is 0.172. The number of benzene rings is 1. The van der Waals surface area contributed by atoms with Crippen molar-refractivity contribution in [1.29, 1.82) is 0 Å². The molecule has 118 valence electrons. The number of aromatic carboxylic acids is 1. The zero-order valence-electron chi connectivity index (χ0n) is 12.0. The van der Waals surface area contributed by atoms with E-state index in [1.807, 2.05) is 17.5 Å². The van der Waals surface area contributed by atoms with Gasteiger partial charge in [-0.2, -0.15) is 5.10 Å². The predicted octanol–water partition coefficient (Wildman–Crippen LogP) is 4.23. The highest BCUT2D eigenvalue weighted by molar-refractivity contribution is 7.12. The minimum atomic E-state index is -0.999. The Balaban J connectivity index is 1.86. The summed E-state index contributed by atoms with van der Waals surface area (Å²) in [7, 11) is 0. The molecule has 0 atom stereocenters. The number of hydrogen-bond donors (Lipinski definition) is 1. The van der Waals surface area contributed by atoms with Gasteiger partial charge in [0.1, 0.15) is 5.56 Å². The molecule has 0 aliphatic heterocycles. The first-order valence-corrected chi connectivity index (χ1v) is 8.26. The quantitative estimate of drug-likeness (QED) is 0.748. The van der Waals surface area contributed by atoms with E-state index >= 15 is 0 Å². The third kappa shape index (κ3) is 3.24. The Hall–Kier alpha value is -1.89. The minimum Gasteiger partial charge on any atom is -0.478 e. The van der Waals surface area contributed by atoms with E-state index in [9.17, 15) is 4.79 Å². The van der Waals surface area contributed by atoms with Gasteiger partial charge in [0, 0.05) is 11.8 Å². The second-order valence-electron chi connectivity index (χ2n) is 4.91. The van der Waals surface area contributed by atoms with Crippen molar-refractivity contribution in [2.75, 3.05) is 0 Å². The Kier molecular flexibility index (Phi) is 4.39. The Morgan fingerprint density at radius 3 is 2.78 bits per heavy atom. The van der Waals surface area contributed by atoms with Crippen LogP contribution in [0.3, 0.4) is 0 Å². The molecule has 0 amide bonds. The molecule has 0 saturated carbocycles. The molecule has 2 heterocycles. The number of thiazole rings is 1. The van der Waals surface area contributed by atoms with Crippen molar-refractivity contribution in [3.05, 3.63) is 62.3 Å². The molecule has 8 heteroatoms. The van der Waals surface area contributed by atoms with E-state index < -0.39 is 5.97 Å². The first-order chi connectivity index (χ1) is 11.0. The smallest absolute Gasteiger partial charge is 0.339 e. The molecule has 0 fully saturated rings. The van der Waals surface area contributed by atoms with E-state index in [4.69, 9.17) is 28.3 Å². The Labute approximate surface area is 146 Å². The van der Waals surface area contributed by atoms with Gasteiger partial charge in [-0.15, -0.1) is 11.3 Å². The maximum Gasteiger partial charge on any atom is 0.339 e. The molecule has 1 aromatic carbocycles. The number of carboxylic acid groups (broad SMARTS) is 1. The van der Waals surface area contributed by atoms with Crippen LogP contribution in [0.25, 0.3) is 5.13 Å². The fourth-order valence-electron chi connectivity index (χ4n) is 2.15. The molecule has 0 unspecified atom stereocenters. The summed E-state index contributed by atoms with van der Waals surface area (Å²) in [5.41, 5.74) is 2.58. The monoisotopic (exact) mass is 367 g/mol. The third-order valence-corrected chi connectivity index (χ3v) is 4.93. The lowest BCUT2D eigenvalue weighted by Crippen LogP contribution is -2.02. The van der Waals surface area contributed by atoms with E-state index in [0.29, 0.717) is 27.3 Å². The lowest BCUT2D eigenvalue weighted by atomic mass is 10.1. The van der Waals surface area contributed by atoms with Gasteiger partial charge in [0.25, 0.3) is 0 Å².